The Labute approximate surface area is 133 Å². The van der Waals surface area contributed by atoms with Crippen LogP contribution < -0.4 is 5.32 Å². The molecule has 1 aliphatic rings. The van der Waals surface area contributed by atoms with Crippen LogP contribution in [0, 0.1) is 6.92 Å². The Hall–Kier alpha value is -0.830. The van der Waals surface area contributed by atoms with Crippen molar-refractivity contribution in [2.45, 2.75) is 83.6 Å². The van der Waals surface area contributed by atoms with Crippen LogP contribution >= 0.6 is 11.6 Å². The Morgan fingerprint density at radius 2 is 1.48 bits per heavy atom. The highest BCUT2D eigenvalue weighted by Gasteiger charge is 2.12. The molecule has 1 aromatic heterocycles. The Balaban J connectivity index is 1.92. The second kappa shape index (κ2) is 9.24. The molecule has 1 aromatic rings. The van der Waals surface area contributed by atoms with Crippen molar-refractivity contribution in [2.75, 3.05) is 5.32 Å². The summed E-state index contributed by atoms with van der Waals surface area (Å²) in [6.07, 6.45) is 16.7. The van der Waals surface area contributed by atoms with E-state index < -0.39 is 0 Å². The molecular formula is C17H28ClN3. The van der Waals surface area contributed by atoms with Gasteiger partial charge >= 0.3 is 0 Å². The minimum Gasteiger partial charge on any atom is -0.367 e. The average Bonchev–Trinajstić information content (AvgIpc) is 2.45. The maximum atomic E-state index is 5.92. The van der Waals surface area contributed by atoms with E-state index in [0.29, 0.717) is 11.3 Å². The molecule has 4 heteroatoms. The van der Waals surface area contributed by atoms with E-state index in [2.05, 4.69) is 15.3 Å². The molecule has 0 unspecified atom stereocenters. The van der Waals surface area contributed by atoms with E-state index in [0.717, 1.165) is 11.4 Å². The van der Waals surface area contributed by atoms with Gasteiger partial charge in [-0.1, -0.05) is 57.8 Å². The summed E-state index contributed by atoms with van der Waals surface area (Å²) in [5.74, 6) is 0.909. The zero-order valence-corrected chi connectivity index (χ0v) is 14.0. The third-order valence-electron chi connectivity index (χ3n) is 4.39. The molecule has 0 saturated heterocycles. The van der Waals surface area contributed by atoms with E-state index in [1.54, 1.807) is 6.20 Å². The largest absolute Gasteiger partial charge is 0.367 e. The van der Waals surface area contributed by atoms with Crippen molar-refractivity contribution >= 4 is 17.4 Å². The molecule has 0 bridgehead atoms. The van der Waals surface area contributed by atoms with Crippen LogP contribution in [0.15, 0.2) is 6.20 Å². The van der Waals surface area contributed by atoms with Crippen LogP contribution in [-0.2, 0) is 0 Å². The van der Waals surface area contributed by atoms with Crippen molar-refractivity contribution in [1.29, 1.82) is 0 Å². The SMILES string of the molecule is Cc1cnc(Cl)nc1NC1CCCCCCCCCCC1. The summed E-state index contributed by atoms with van der Waals surface area (Å²) in [5.41, 5.74) is 1.07. The molecule has 1 fully saturated rings. The van der Waals surface area contributed by atoms with Crippen LogP contribution in [0.5, 0.6) is 0 Å². The molecule has 0 radical (unpaired) electrons. The quantitative estimate of drug-likeness (QED) is 0.730. The number of hydrogen-bond donors (Lipinski definition) is 1. The molecule has 3 nitrogen and oxygen atoms in total. The Bertz CT molecular complexity index is 410. The lowest BCUT2D eigenvalue weighted by Gasteiger charge is -2.21. The number of nitrogens with one attached hydrogen (secondary N) is 1. The predicted octanol–water partition coefficient (Wildman–Crippen LogP) is 5.52. The maximum Gasteiger partial charge on any atom is 0.224 e. The molecule has 1 N–H and O–H groups in total. The van der Waals surface area contributed by atoms with Crippen molar-refractivity contribution in [3.05, 3.63) is 17.0 Å². The van der Waals surface area contributed by atoms with E-state index in [4.69, 9.17) is 11.6 Å². The molecule has 0 aliphatic heterocycles. The zero-order valence-electron chi connectivity index (χ0n) is 13.2. The summed E-state index contributed by atoms with van der Waals surface area (Å²) in [7, 11) is 0. The molecule has 21 heavy (non-hydrogen) atoms. The smallest absolute Gasteiger partial charge is 0.224 e. The monoisotopic (exact) mass is 309 g/mol. The topological polar surface area (TPSA) is 37.8 Å². The molecule has 2 rings (SSSR count). The van der Waals surface area contributed by atoms with Crippen LogP contribution in [0.2, 0.25) is 5.28 Å². The highest BCUT2D eigenvalue weighted by Crippen LogP contribution is 2.21. The summed E-state index contributed by atoms with van der Waals surface area (Å²) in [5, 5.41) is 3.94. The number of aryl methyl sites for hydroxylation is 1. The fourth-order valence-electron chi connectivity index (χ4n) is 3.07. The first-order valence-corrected chi connectivity index (χ1v) is 8.89. The molecule has 1 aliphatic carbocycles. The maximum absolute atomic E-state index is 5.92. The lowest BCUT2D eigenvalue weighted by molar-refractivity contribution is 0.479. The number of aromatic nitrogens is 2. The standard InChI is InChI=1S/C17H28ClN3/c1-14-13-19-17(18)21-16(14)20-15-11-9-7-5-3-2-4-6-8-10-12-15/h13,15H,2-12H2,1H3,(H,19,20,21). The Morgan fingerprint density at radius 3 is 2.05 bits per heavy atom. The van der Waals surface area contributed by atoms with Gasteiger partial charge in [-0.25, -0.2) is 9.97 Å². The van der Waals surface area contributed by atoms with Crippen molar-refractivity contribution in [2.24, 2.45) is 0 Å². The van der Waals surface area contributed by atoms with Gasteiger partial charge in [-0.15, -0.1) is 0 Å². The van der Waals surface area contributed by atoms with Gasteiger partial charge < -0.3 is 5.32 Å². The lowest BCUT2D eigenvalue weighted by atomic mass is 9.98. The molecule has 0 spiro atoms. The molecule has 0 amide bonds. The number of rotatable bonds is 2. The van der Waals surface area contributed by atoms with Crippen molar-refractivity contribution in [1.82, 2.24) is 9.97 Å². The Kier molecular flexibility index (Phi) is 7.28. The normalized spacial score (nSPS) is 19.5. The van der Waals surface area contributed by atoms with E-state index in [1.165, 1.54) is 70.6 Å². The van der Waals surface area contributed by atoms with Gasteiger partial charge in [0.25, 0.3) is 0 Å². The summed E-state index contributed by atoms with van der Waals surface area (Å²) in [6.45, 7) is 2.04. The van der Waals surface area contributed by atoms with Gasteiger partial charge in [-0.3, -0.25) is 0 Å². The van der Waals surface area contributed by atoms with E-state index in [9.17, 15) is 0 Å². The van der Waals surface area contributed by atoms with Crippen LogP contribution in [0.1, 0.15) is 76.2 Å². The minimum atomic E-state index is 0.330. The Morgan fingerprint density at radius 1 is 0.952 bits per heavy atom. The van der Waals surface area contributed by atoms with Gasteiger partial charge in [0.15, 0.2) is 0 Å². The first-order chi connectivity index (χ1) is 10.3. The highest BCUT2D eigenvalue weighted by atomic mass is 35.5. The lowest BCUT2D eigenvalue weighted by Crippen LogP contribution is -2.21. The minimum absolute atomic E-state index is 0.330. The van der Waals surface area contributed by atoms with E-state index in [-0.39, 0.29) is 0 Å². The molecule has 1 heterocycles. The third kappa shape index (κ3) is 6.21. The van der Waals surface area contributed by atoms with Gasteiger partial charge in [0, 0.05) is 17.8 Å². The van der Waals surface area contributed by atoms with Gasteiger partial charge in [-0.05, 0) is 31.4 Å². The van der Waals surface area contributed by atoms with Crippen LogP contribution in [0.4, 0.5) is 5.82 Å². The molecular weight excluding hydrogens is 282 g/mol. The average molecular weight is 310 g/mol. The van der Waals surface area contributed by atoms with Crippen LogP contribution in [0.25, 0.3) is 0 Å². The second-order valence-electron chi connectivity index (χ2n) is 6.27. The predicted molar refractivity (Wildman–Crippen MR) is 90.0 cm³/mol. The third-order valence-corrected chi connectivity index (χ3v) is 4.57. The van der Waals surface area contributed by atoms with Crippen LogP contribution in [-0.4, -0.2) is 16.0 Å². The van der Waals surface area contributed by atoms with Gasteiger partial charge in [0.1, 0.15) is 5.82 Å². The fraction of sp³-hybridized carbons (Fsp3) is 0.765. The number of anilines is 1. The van der Waals surface area contributed by atoms with Crippen molar-refractivity contribution in [3.8, 4) is 0 Å². The van der Waals surface area contributed by atoms with E-state index in [1.807, 2.05) is 6.92 Å². The first kappa shape index (κ1) is 16.5. The van der Waals surface area contributed by atoms with E-state index >= 15 is 0 Å². The van der Waals surface area contributed by atoms with Gasteiger partial charge in [0.05, 0.1) is 0 Å². The fourth-order valence-corrected chi connectivity index (χ4v) is 3.20. The highest BCUT2D eigenvalue weighted by molar-refractivity contribution is 6.28. The number of halogens is 1. The zero-order chi connectivity index (χ0) is 14.9. The number of nitrogens with zero attached hydrogens (tertiary/aromatic N) is 2. The number of hydrogen-bond acceptors (Lipinski definition) is 3. The summed E-state index contributed by atoms with van der Waals surface area (Å²) < 4.78 is 0. The van der Waals surface area contributed by atoms with Gasteiger partial charge in [0.2, 0.25) is 5.28 Å². The summed E-state index contributed by atoms with van der Waals surface area (Å²) >= 11 is 5.92. The molecule has 0 atom stereocenters. The van der Waals surface area contributed by atoms with Crippen molar-refractivity contribution in [3.63, 3.8) is 0 Å². The van der Waals surface area contributed by atoms with Gasteiger partial charge in [-0.2, -0.15) is 0 Å². The first-order valence-electron chi connectivity index (χ1n) is 8.51. The second-order valence-corrected chi connectivity index (χ2v) is 6.61. The van der Waals surface area contributed by atoms with Crippen LogP contribution in [0.3, 0.4) is 0 Å². The molecule has 1 saturated carbocycles. The summed E-state index contributed by atoms with van der Waals surface area (Å²) in [4.78, 5) is 8.37. The molecule has 118 valence electrons. The summed E-state index contributed by atoms with van der Waals surface area (Å²) in [6, 6.07) is 0.522. The molecule has 0 aromatic carbocycles. The van der Waals surface area contributed by atoms with Crippen molar-refractivity contribution < 1.29 is 0 Å².